The second-order valence-corrected chi connectivity index (χ2v) is 4.83. The summed E-state index contributed by atoms with van der Waals surface area (Å²) in [6.07, 6.45) is 8.37. The van der Waals surface area contributed by atoms with Crippen LogP contribution in [-0.2, 0) is 0 Å². The third-order valence-corrected chi connectivity index (χ3v) is 3.82. The van der Waals surface area contributed by atoms with Crippen molar-refractivity contribution in [2.75, 3.05) is 5.75 Å². The van der Waals surface area contributed by atoms with Crippen LogP contribution in [0.1, 0.15) is 25.7 Å². The van der Waals surface area contributed by atoms with E-state index in [4.69, 9.17) is 5.73 Å². The second kappa shape index (κ2) is 4.28. The molecule has 0 atom stereocenters. The van der Waals surface area contributed by atoms with Gasteiger partial charge in [0.1, 0.15) is 0 Å². The topological polar surface area (TPSA) is 51.8 Å². The van der Waals surface area contributed by atoms with Gasteiger partial charge >= 0.3 is 0 Å². The van der Waals surface area contributed by atoms with Crippen molar-refractivity contribution in [1.82, 2.24) is 9.97 Å². The van der Waals surface area contributed by atoms with Gasteiger partial charge in [0, 0.05) is 23.7 Å². The quantitative estimate of drug-likeness (QED) is 0.609. The molecule has 2 N–H and O–H groups in total. The summed E-state index contributed by atoms with van der Waals surface area (Å²) in [5, 5.41) is 0.837. The molecule has 0 saturated heterocycles. The lowest BCUT2D eigenvalue weighted by Crippen LogP contribution is -2.39. The van der Waals surface area contributed by atoms with E-state index < -0.39 is 0 Å². The zero-order valence-electron chi connectivity index (χ0n) is 8.15. The Balaban J connectivity index is 1.88. The summed E-state index contributed by atoms with van der Waals surface area (Å²) in [7, 11) is 0. The third-order valence-electron chi connectivity index (χ3n) is 2.63. The molecule has 4 heteroatoms. The van der Waals surface area contributed by atoms with Crippen LogP contribution >= 0.6 is 11.8 Å². The Morgan fingerprint density at radius 3 is 2.57 bits per heavy atom. The van der Waals surface area contributed by atoms with Gasteiger partial charge in [-0.3, -0.25) is 0 Å². The third kappa shape index (κ3) is 2.45. The fourth-order valence-corrected chi connectivity index (χ4v) is 2.77. The van der Waals surface area contributed by atoms with Crippen molar-refractivity contribution in [3.8, 4) is 0 Å². The molecule has 1 saturated carbocycles. The predicted molar refractivity (Wildman–Crippen MR) is 58.1 cm³/mol. The number of nitrogens with zero attached hydrogens (tertiary/aromatic N) is 2. The minimum Gasteiger partial charge on any atom is -0.324 e. The SMILES string of the molecule is NC1(CSc2ncccn2)CCCC1. The van der Waals surface area contributed by atoms with Crippen LogP contribution in [0.4, 0.5) is 0 Å². The Morgan fingerprint density at radius 2 is 1.93 bits per heavy atom. The van der Waals surface area contributed by atoms with Crippen molar-refractivity contribution in [1.29, 1.82) is 0 Å². The van der Waals surface area contributed by atoms with Crippen molar-refractivity contribution < 1.29 is 0 Å². The van der Waals surface area contributed by atoms with E-state index in [1.807, 2.05) is 6.07 Å². The van der Waals surface area contributed by atoms with Gasteiger partial charge in [-0.15, -0.1) is 0 Å². The molecule has 14 heavy (non-hydrogen) atoms. The summed E-state index contributed by atoms with van der Waals surface area (Å²) < 4.78 is 0. The maximum absolute atomic E-state index is 6.23. The second-order valence-electron chi connectivity index (χ2n) is 3.89. The van der Waals surface area contributed by atoms with Crippen molar-refractivity contribution >= 4 is 11.8 Å². The first-order valence-electron chi connectivity index (χ1n) is 4.97. The van der Waals surface area contributed by atoms with E-state index in [9.17, 15) is 0 Å². The first-order valence-corrected chi connectivity index (χ1v) is 5.96. The van der Waals surface area contributed by atoms with Gasteiger partial charge in [0.2, 0.25) is 0 Å². The van der Waals surface area contributed by atoms with Gasteiger partial charge < -0.3 is 5.73 Å². The van der Waals surface area contributed by atoms with Crippen molar-refractivity contribution in [2.45, 2.75) is 36.4 Å². The molecule has 3 nitrogen and oxygen atoms in total. The van der Waals surface area contributed by atoms with Gasteiger partial charge in [-0.05, 0) is 18.9 Å². The average Bonchev–Trinajstić information content (AvgIpc) is 2.65. The molecule has 1 aromatic rings. The number of thioether (sulfide) groups is 1. The highest BCUT2D eigenvalue weighted by atomic mass is 32.2. The number of nitrogens with two attached hydrogens (primary N) is 1. The Hall–Kier alpha value is -0.610. The van der Waals surface area contributed by atoms with Gasteiger partial charge in [-0.2, -0.15) is 0 Å². The fraction of sp³-hybridized carbons (Fsp3) is 0.600. The van der Waals surface area contributed by atoms with E-state index >= 15 is 0 Å². The lowest BCUT2D eigenvalue weighted by Gasteiger charge is -2.21. The molecule has 0 spiro atoms. The molecule has 1 fully saturated rings. The molecule has 0 bridgehead atoms. The van der Waals surface area contributed by atoms with Crippen LogP contribution in [0.25, 0.3) is 0 Å². The fourth-order valence-electron chi connectivity index (χ4n) is 1.79. The Morgan fingerprint density at radius 1 is 1.29 bits per heavy atom. The van der Waals surface area contributed by atoms with Gasteiger partial charge in [0.15, 0.2) is 5.16 Å². The molecule has 0 radical (unpaired) electrons. The minimum absolute atomic E-state index is 0.0316. The van der Waals surface area contributed by atoms with Gasteiger partial charge in [-0.1, -0.05) is 24.6 Å². The van der Waals surface area contributed by atoms with Crippen LogP contribution in [0, 0.1) is 0 Å². The number of rotatable bonds is 3. The first kappa shape index (κ1) is 9.93. The van der Waals surface area contributed by atoms with Gasteiger partial charge in [-0.25, -0.2) is 9.97 Å². The van der Waals surface area contributed by atoms with Crippen LogP contribution in [0.3, 0.4) is 0 Å². The van der Waals surface area contributed by atoms with Gasteiger partial charge in [0.25, 0.3) is 0 Å². The highest BCUT2D eigenvalue weighted by Crippen LogP contribution is 2.31. The summed E-state index contributed by atoms with van der Waals surface area (Å²) in [6.45, 7) is 0. The largest absolute Gasteiger partial charge is 0.324 e. The van der Waals surface area contributed by atoms with E-state index in [-0.39, 0.29) is 5.54 Å². The molecule has 0 aliphatic heterocycles. The van der Waals surface area contributed by atoms with E-state index in [0.717, 1.165) is 23.8 Å². The maximum atomic E-state index is 6.23. The lowest BCUT2D eigenvalue weighted by molar-refractivity contribution is 0.496. The molecule has 1 aromatic heterocycles. The summed E-state index contributed by atoms with van der Waals surface area (Å²) in [6, 6.07) is 1.83. The summed E-state index contributed by atoms with van der Waals surface area (Å²) >= 11 is 1.67. The van der Waals surface area contributed by atoms with Crippen LogP contribution in [0.15, 0.2) is 23.6 Å². The predicted octanol–water partition coefficient (Wildman–Crippen LogP) is 1.84. The van der Waals surface area contributed by atoms with Crippen LogP contribution in [0.2, 0.25) is 0 Å². The maximum Gasteiger partial charge on any atom is 0.187 e. The molecule has 1 aliphatic carbocycles. The Labute approximate surface area is 88.5 Å². The first-order chi connectivity index (χ1) is 6.79. The Bertz CT molecular complexity index is 283. The average molecular weight is 209 g/mol. The molecule has 1 heterocycles. The zero-order valence-corrected chi connectivity index (χ0v) is 8.96. The molecule has 0 aromatic carbocycles. The normalized spacial score (nSPS) is 19.8. The summed E-state index contributed by atoms with van der Waals surface area (Å²) in [5.74, 6) is 0.941. The molecule has 0 amide bonds. The van der Waals surface area contributed by atoms with E-state index in [1.54, 1.807) is 24.2 Å². The molecule has 2 rings (SSSR count). The molecular formula is C10H15N3S. The van der Waals surface area contributed by atoms with Gasteiger partial charge in [0.05, 0.1) is 0 Å². The van der Waals surface area contributed by atoms with E-state index in [2.05, 4.69) is 9.97 Å². The van der Waals surface area contributed by atoms with Crippen molar-refractivity contribution in [2.24, 2.45) is 5.73 Å². The summed E-state index contributed by atoms with van der Waals surface area (Å²) in [4.78, 5) is 8.33. The number of hydrogen-bond acceptors (Lipinski definition) is 4. The minimum atomic E-state index is 0.0316. The van der Waals surface area contributed by atoms with E-state index in [0.29, 0.717) is 0 Å². The Kier molecular flexibility index (Phi) is 3.03. The summed E-state index contributed by atoms with van der Waals surface area (Å²) in [5.41, 5.74) is 6.26. The van der Waals surface area contributed by atoms with Crippen LogP contribution in [0.5, 0.6) is 0 Å². The monoisotopic (exact) mass is 209 g/mol. The number of hydrogen-bond donors (Lipinski definition) is 1. The van der Waals surface area contributed by atoms with Crippen molar-refractivity contribution in [3.05, 3.63) is 18.5 Å². The molecule has 76 valence electrons. The van der Waals surface area contributed by atoms with Crippen molar-refractivity contribution in [3.63, 3.8) is 0 Å². The number of aromatic nitrogens is 2. The highest BCUT2D eigenvalue weighted by molar-refractivity contribution is 7.99. The smallest absolute Gasteiger partial charge is 0.187 e. The standard InChI is InChI=1S/C10H15N3S/c11-10(4-1-2-5-10)8-14-9-12-6-3-7-13-9/h3,6-7H,1-2,4-5,8,11H2. The van der Waals surface area contributed by atoms with Crippen LogP contribution in [-0.4, -0.2) is 21.3 Å². The molecular weight excluding hydrogens is 194 g/mol. The molecule has 0 unspecified atom stereocenters. The zero-order chi connectivity index (χ0) is 9.86. The highest BCUT2D eigenvalue weighted by Gasteiger charge is 2.29. The molecule has 1 aliphatic rings. The van der Waals surface area contributed by atoms with E-state index in [1.165, 1.54) is 12.8 Å². The van der Waals surface area contributed by atoms with Crippen LogP contribution < -0.4 is 5.73 Å². The lowest BCUT2D eigenvalue weighted by atomic mass is 10.0.